The van der Waals surface area contributed by atoms with E-state index in [1.807, 2.05) is 63.2 Å². The molecular formula is C26H30N2O3. The molecule has 0 aliphatic carbocycles. The first-order valence-electron chi connectivity index (χ1n) is 10.5. The van der Waals surface area contributed by atoms with Gasteiger partial charge < -0.3 is 19.7 Å². The van der Waals surface area contributed by atoms with Gasteiger partial charge in [-0.2, -0.15) is 0 Å². The summed E-state index contributed by atoms with van der Waals surface area (Å²) in [6, 6.07) is 16.1. The molecule has 0 fully saturated rings. The molecule has 0 spiro atoms. The fourth-order valence-corrected chi connectivity index (χ4v) is 3.90. The van der Waals surface area contributed by atoms with Crippen molar-refractivity contribution >= 4 is 12.0 Å². The van der Waals surface area contributed by atoms with E-state index in [4.69, 9.17) is 4.74 Å². The number of aromatic nitrogens is 1. The van der Waals surface area contributed by atoms with Gasteiger partial charge in [0.05, 0.1) is 12.2 Å². The molecule has 0 atom stereocenters. The van der Waals surface area contributed by atoms with Crippen molar-refractivity contribution in [3.63, 3.8) is 0 Å². The quantitative estimate of drug-likeness (QED) is 0.476. The van der Waals surface area contributed by atoms with Crippen molar-refractivity contribution in [2.24, 2.45) is 0 Å². The van der Waals surface area contributed by atoms with Crippen molar-refractivity contribution in [1.29, 1.82) is 0 Å². The lowest BCUT2D eigenvalue weighted by Crippen LogP contribution is -2.16. The summed E-state index contributed by atoms with van der Waals surface area (Å²) in [4.78, 5) is 12.0. The van der Waals surface area contributed by atoms with E-state index in [-0.39, 0.29) is 0 Å². The molecule has 31 heavy (non-hydrogen) atoms. The Labute approximate surface area is 184 Å². The highest BCUT2D eigenvalue weighted by Crippen LogP contribution is 2.25. The largest absolute Gasteiger partial charge is 0.494 e. The van der Waals surface area contributed by atoms with Gasteiger partial charge in [0, 0.05) is 42.1 Å². The third-order valence-corrected chi connectivity index (χ3v) is 5.57. The fraction of sp³-hybridized carbons (Fsp3) is 0.269. The summed E-state index contributed by atoms with van der Waals surface area (Å²) in [6.07, 6.45) is 1.81. The number of hydrogen-bond acceptors (Lipinski definition) is 3. The second kappa shape index (κ2) is 10.1. The molecule has 2 N–H and O–H groups in total. The molecule has 0 saturated heterocycles. The molecule has 0 aliphatic rings. The predicted molar refractivity (Wildman–Crippen MR) is 125 cm³/mol. The summed E-state index contributed by atoms with van der Waals surface area (Å²) in [5.41, 5.74) is 6.17. The highest BCUT2D eigenvalue weighted by molar-refractivity contribution is 5.91. The van der Waals surface area contributed by atoms with Gasteiger partial charge in [0.1, 0.15) is 5.75 Å². The van der Waals surface area contributed by atoms with Crippen molar-refractivity contribution < 1.29 is 14.6 Å². The standard InChI is InChI=1S/C26H30N2O3/c1-5-20-11-13-21(14-12-20)17-28-18(3)23(25(19(28)4)26(29)30)16-27-15-22-9-7-8-10-24(22)31-6-2/h5,7-14,27H,1,6,15-17H2,2-4H3,(H,29,30). The molecule has 162 valence electrons. The van der Waals surface area contributed by atoms with E-state index in [1.165, 1.54) is 0 Å². The lowest BCUT2D eigenvalue weighted by atomic mass is 10.1. The van der Waals surface area contributed by atoms with Gasteiger partial charge in [-0.05, 0) is 38.0 Å². The number of aromatic carboxylic acids is 1. The summed E-state index contributed by atoms with van der Waals surface area (Å²) in [6.45, 7) is 11.9. The average Bonchev–Trinajstić information content (AvgIpc) is 3.00. The number of hydrogen-bond donors (Lipinski definition) is 2. The molecule has 0 saturated carbocycles. The number of carboxylic acids is 1. The lowest BCUT2D eigenvalue weighted by Gasteiger charge is -2.12. The number of carboxylic acid groups (broad SMARTS) is 1. The third kappa shape index (κ3) is 5.06. The average molecular weight is 419 g/mol. The number of benzene rings is 2. The summed E-state index contributed by atoms with van der Waals surface area (Å²) in [7, 11) is 0. The number of para-hydroxylation sites is 1. The smallest absolute Gasteiger partial charge is 0.337 e. The first kappa shape index (κ1) is 22.4. The second-order valence-electron chi connectivity index (χ2n) is 7.51. The molecule has 0 radical (unpaired) electrons. The van der Waals surface area contributed by atoms with Gasteiger partial charge in [0.15, 0.2) is 0 Å². The molecule has 2 aromatic carbocycles. The van der Waals surface area contributed by atoms with Crippen molar-refractivity contribution in [3.8, 4) is 5.75 Å². The maximum absolute atomic E-state index is 12.0. The molecule has 1 heterocycles. The Kier molecular flexibility index (Phi) is 7.32. The van der Waals surface area contributed by atoms with Crippen LogP contribution in [0.2, 0.25) is 0 Å². The highest BCUT2D eigenvalue weighted by Gasteiger charge is 2.22. The number of carbonyl (C=O) groups is 1. The van der Waals surface area contributed by atoms with Crippen LogP contribution < -0.4 is 10.1 Å². The van der Waals surface area contributed by atoms with Crippen LogP contribution in [0.25, 0.3) is 6.08 Å². The van der Waals surface area contributed by atoms with E-state index >= 15 is 0 Å². The topological polar surface area (TPSA) is 63.5 Å². The Balaban J connectivity index is 1.82. The zero-order chi connectivity index (χ0) is 22.4. The molecule has 0 bridgehead atoms. The van der Waals surface area contributed by atoms with Gasteiger partial charge in [0.2, 0.25) is 0 Å². The van der Waals surface area contributed by atoms with Gasteiger partial charge in [0.25, 0.3) is 0 Å². The summed E-state index contributed by atoms with van der Waals surface area (Å²) >= 11 is 0. The van der Waals surface area contributed by atoms with Gasteiger partial charge in [-0.1, -0.05) is 55.1 Å². The minimum absolute atomic E-state index is 0.380. The minimum Gasteiger partial charge on any atom is -0.494 e. The Morgan fingerprint density at radius 3 is 2.45 bits per heavy atom. The van der Waals surface area contributed by atoms with Crippen molar-refractivity contribution in [2.75, 3.05) is 6.61 Å². The van der Waals surface area contributed by atoms with Crippen LogP contribution in [0.15, 0.2) is 55.1 Å². The van der Waals surface area contributed by atoms with Crippen LogP contribution in [0.5, 0.6) is 5.75 Å². The minimum atomic E-state index is -0.895. The Morgan fingerprint density at radius 1 is 1.10 bits per heavy atom. The summed E-state index contributed by atoms with van der Waals surface area (Å²) in [5, 5.41) is 13.3. The maximum atomic E-state index is 12.0. The summed E-state index contributed by atoms with van der Waals surface area (Å²) in [5.74, 6) is -0.0442. The summed E-state index contributed by atoms with van der Waals surface area (Å²) < 4.78 is 7.77. The maximum Gasteiger partial charge on any atom is 0.337 e. The van der Waals surface area contributed by atoms with Crippen molar-refractivity contribution in [3.05, 3.63) is 94.3 Å². The molecule has 5 nitrogen and oxygen atoms in total. The zero-order valence-electron chi connectivity index (χ0n) is 18.4. The van der Waals surface area contributed by atoms with Gasteiger partial charge >= 0.3 is 5.97 Å². The highest BCUT2D eigenvalue weighted by atomic mass is 16.5. The van der Waals surface area contributed by atoms with E-state index in [0.29, 0.717) is 31.8 Å². The molecule has 5 heteroatoms. The predicted octanol–water partition coefficient (Wildman–Crippen LogP) is 5.18. The first-order valence-corrected chi connectivity index (χ1v) is 10.5. The van der Waals surface area contributed by atoms with Crippen LogP contribution >= 0.6 is 0 Å². The number of rotatable bonds is 10. The van der Waals surface area contributed by atoms with E-state index in [2.05, 4.69) is 28.6 Å². The van der Waals surface area contributed by atoms with Gasteiger partial charge in [-0.3, -0.25) is 0 Å². The van der Waals surface area contributed by atoms with Crippen LogP contribution in [0.1, 0.15) is 50.9 Å². The van der Waals surface area contributed by atoms with Crippen molar-refractivity contribution in [2.45, 2.75) is 40.4 Å². The molecule has 0 unspecified atom stereocenters. The molecule has 1 aromatic heterocycles. The number of ether oxygens (including phenoxy) is 1. The van der Waals surface area contributed by atoms with E-state index in [9.17, 15) is 9.90 Å². The Bertz CT molecular complexity index is 1070. The van der Waals surface area contributed by atoms with Crippen LogP contribution in [0, 0.1) is 13.8 Å². The first-order chi connectivity index (χ1) is 15.0. The second-order valence-corrected chi connectivity index (χ2v) is 7.51. The molecule has 0 aliphatic heterocycles. The monoisotopic (exact) mass is 418 g/mol. The fourth-order valence-electron chi connectivity index (χ4n) is 3.90. The van der Waals surface area contributed by atoms with E-state index in [0.717, 1.165) is 39.4 Å². The lowest BCUT2D eigenvalue weighted by molar-refractivity contribution is 0.0694. The third-order valence-electron chi connectivity index (χ3n) is 5.57. The van der Waals surface area contributed by atoms with Crippen LogP contribution in [0.3, 0.4) is 0 Å². The van der Waals surface area contributed by atoms with Crippen LogP contribution in [-0.4, -0.2) is 22.2 Å². The molecule has 0 amide bonds. The van der Waals surface area contributed by atoms with E-state index < -0.39 is 5.97 Å². The van der Waals surface area contributed by atoms with Gasteiger partial charge in [-0.25, -0.2) is 4.79 Å². The Morgan fingerprint density at radius 2 is 1.81 bits per heavy atom. The van der Waals surface area contributed by atoms with E-state index in [1.54, 1.807) is 0 Å². The van der Waals surface area contributed by atoms with Crippen molar-refractivity contribution in [1.82, 2.24) is 9.88 Å². The number of nitrogens with one attached hydrogen (secondary N) is 1. The molecular weight excluding hydrogens is 388 g/mol. The Hall–Kier alpha value is -3.31. The molecule has 3 aromatic rings. The van der Waals surface area contributed by atoms with Crippen LogP contribution in [0.4, 0.5) is 0 Å². The zero-order valence-corrected chi connectivity index (χ0v) is 18.4. The SMILES string of the molecule is C=Cc1ccc(Cn2c(C)c(CNCc3ccccc3OCC)c(C(=O)O)c2C)cc1. The van der Waals surface area contributed by atoms with Gasteiger partial charge in [-0.15, -0.1) is 0 Å². The normalized spacial score (nSPS) is 10.8. The molecule has 3 rings (SSSR count). The number of nitrogens with zero attached hydrogens (tertiary/aromatic N) is 1. The van der Waals surface area contributed by atoms with Crippen LogP contribution in [-0.2, 0) is 19.6 Å².